The third kappa shape index (κ3) is 3.56. The number of carboxylic acids is 1. The summed E-state index contributed by atoms with van der Waals surface area (Å²) in [4.78, 5) is 29.8. The lowest BCUT2D eigenvalue weighted by atomic mass is 9.85. The standard InChI is InChI=1S/C18H22BrN3O4/c1-18(2,3)26-17(25)21(4)10-7-11(8-10)22-9-13(16(23)24)12-5-6-14(19)20-15(12)22/h5-6,9-11H,7-8H2,1-4H3,(H,23,24). The third-order valence-electron chi connectivity index (χ3n) is 4.59. The van der Waals surface area contributed by atoms with Gasteiger partial charge < -0.3 is 19.3 Å². The van der Waals surface area contributed by atoms with Crippen molar-refractivity contribution in [3.8, 4) is 0 Å². The molecule has 7 nitrogen and oxygen atoms in total. The van der Waals surface area contributed by atoms with Crippen LogP contribution in [0.25, 0.3) is 11.0 Å². The van der Waals surface area contributed by atoms with Crippen LogP contribution in [-0.2, 0) is 4.74 Å². The maximum Gasteiger partial charge on any atom is 0.410 e. The minimum Gasteiger partial charge on any atom is -0.478 e. The summed E-state index contributed by atoms with van der Waals surface area (Å²) in [6.45, 7) is 5.52. The highest BCUT2D eigenvalue weighted by molar-refractivity contribution is 9.10. The number of nitrogens with zero attached hydrogens (tertiary/aromatic N) is 3. The number of halogens is 1. The van der Waals surface area contributed by atoms with Gasteiger partial charge in [0, 0.05) is 30.7 Å². The van der Waals surface area contributed by atoms with Gasteiger partial charge in [-0.2, -0.15) is 0 Å². The Labute approximate surface area is 160 Å². The molecule has 0 radical (unpaired) electrons. The molecule has 3 rings (SSSR count). The van der Waals surface area contributed by atoms with Gasteiger partial charge in [0.2, 0.25) is 0 Å². The molecule has 140 valence electrons. The maximum absolute atomic E-state index is 12.2. The van der Waals surface area contributed by atoms with E-state index in [0.717, 1.165) is 12.8 Å². The molecule has 2 aromatic heterocycles. The molecule has 1 fully saturated rings. The number of carbonyl (C=O) groups excluding carboxylic acids is 1. The Balaban J connectivity index is 1.78. The Morgan fingerprint density at radius 3 is 2.58 bits per heavy atom. The highest BCUT2D eigenvalue weighted by atomic mass is 79.9. The van der Waals surface area contributed by atoms with Gasteiger partial charge in [0.1, 0.15) is 15.9 Å². The number of ether oxygens (including phenoxy) is 1. The van der Waals surface area contributed by atoms with Crippen LogP contribution in [0.4, 0.5) is 4.79 Å². The lowest BCUT2D eigenvalue weighted by Gasteiger charge is -2.42. The molecular weight excluding hydrogens is 402 g/mol. The number of aromatic carboxylic acids is 1. The molecule has 0 saturated heterocycles. The number of rotatable bonds is 3. The number of carboxylic acid groups (broad SMARTS) is 1. The molecule has 0 aromatic carbocycles. The van der Waals surface area contributed by atoms with Gasteiger partial charge >= 0.3 is 12.1 Å². The highest BCUT2D eigenvalue weighted by Gasteiger charge is 2.38. The lowest BCUT2D eigenvalue weighted by molar-refractivity contribution is 0.00809. The van der Waals surface area contributed by atoms with Gasteiger partial charge in [-0.05, 0) is 61.7 Å². The normalized spacial score (nSPS) is 19.9. The van der Waals surface area contributed by atoms with Crippen LogP contribution >= 0.6 is 15.9 Å². The number of hydrogen-bond donors (Lipinski definition) is 1. The molecule has 2 aromatic rings. The number of hydrogen-bond acceptors (Lipinski definition) is 4. The fourth-order valence-corrected chi connectivity index (χ4v) is 3.44. The molecule has 2 heterocycles. The average molecular weight is 424 g/mol. The van der Waals surface area contributed by atoms with Crippen molar-refractivity contribution >= 4 is 39.0 Å². The van der Waals surface area contributed by atoms with Gasteiger partial charge in [-0.3, -0.25) is 0 Å². The largest absolute Gasteiger partial charge is 0.478 e. The summed E-state index contributed by atoms with van der Waals surface area (Å²) in [5.41, 5.74) is 0.349. The molecule has 0 aliphatic heterocycles. The highest BCUT2D eigenvalue weighted by Crippen LogP contribution is 2.39. The first-order valence-corrected chi connectivity index (χ1v) is 9.22. The van der Waals surface area contributed by atoms with Crippen LogP contribution in [0.5, 0.6) is 0 Å². The van der Waals surface area contributed by atoms with E-state index < -0.39 is 11.6 Å². The molecule has 1 amide bonds. The summed E-state index contributed by atoms with van der Waals surface area (Å²) < 4.78 is 7.96. The number of amides is 1. The van der Waals surface area contributed by atoms with Crippen molar-refractivity contribution in [3.63, 3.8) is 0 Å². The number of carbonyl (C=O) groups is 2. The van der Waals surface area contributed by atoms with E-state index in [4.69, 9.17) is 4.74 Å². The summed E-state index contributed by atoms with van der Waals surface area (Å²) in [5, 5.41) is 10.1. The Hall–Kier alpha value is -2.09. The maximum atomic E-state index is 12.2. The third-order valence-corrected chi connectivity index (χ3v) is 5.03. The molecule has 0 atom stereocenters. The van der Waals surface area contributed by atoms with Gasteiger partial charge in [0.15, 0.2) is 0 Å². The van der Waals surface area contributed by atoms with E-state index in [2.05, 4.69) is 20.9 Å². The van der Waals surface area contributed by atoms with Crippen molar-refractivity contribution in [1.82, 2.24) is 14.5 Å². The van der Waals surface area contributed by atoms with Crippen LogP contribution in [-0.4, -0.2) is 50.3 Å². The lowest BCUT2D eigenvalue weighted by Crippen LogP contribution is -2.47. The fourth-order valence-electron chi connectivity index (χ4n) is 3.14. The van der Waals surface area contributed by atoms with Crippen molar-refractivity contribution in [2.75, 3.05) is 7.05 Å². The Morgan fingerprint density at radius 1 is 1.35 bits per heavy atom. The predicted molar refractivity (Wildman–Crippen MR) is 100 cm³/mol. The van der Waals surface area contributed by atoms with E-state index in [9.17, 15) is 14.7 Å². The van der Waals surface area contributed by atoms with Crippen molar-refractivity contribution in [2.24, 2.45) is 0 Å². The first-order chi connectivity index (χ1) is 12.1. The summed E-state index contributed by atoms with van der Waals surface area (Å²) in [6.07, 6.45) is 2.76. The van der Waals surface area contributed by atoms with Gasteiger partial charge in [-0.1, -0.05) is 0 Å². The summed E-state index contributed by atoms with van der Waals surface area (Å²) >= 11 is 3.34. The summed E-state index contributed by atoms with van der Waals surface area (Å²) in [6, 6.07) is 3.66. The van der Waals surface area contributed by atoms with Crippen molar-refractivity contribution in [3.05, 3.63) is 28.5 Å². The van der Waals surface area contributed by atoms with Gasteiger partial charge in [-0.25, -0.2) is 14.6 Å². The number of fused-ring (bicyclic) bond motifs is 1. The van der Waals surface area contributed by atoms with E-state index in [0.29, 0.717) is 15.6 Å². The zero-order valence-electron chi connectivity index (χ0n) is 15.2. The molecule has 8 heteroatoms. The molecule has 0 spiro atoms. The van der Waals surface area contributed by atoms with Gasteiger partial charge in [-0.15, -0.1) is 0 Å². The van der Waals surface area contributed by atoms with E-state index in [1.54, 1.807) is 30.3 Å². The van der Waals surface area contributed by atoms with Gasteiger partial charge in [0.25, 0.3) is 0 Å². The second-order valence-electron chi connectivity index (χ2n) is 7.63. The summed E-state index contributed by atoms with van der Waals surface area (Å²) in [5.74, 6) is -0.973. The SMILES string of the molecule is CN(C(=O)OC(C)(C)C)C1CC(n2cc(C(=O)O)c3ccc(Br)nc32)C1. The quantitative estimate of drug-likeness (QED) is 0.751. The van der Waals surface area contributed by atoms with E-state index in [1.165, 1.54) is 0 Å². The van der Waals surface area contributed by atoms with Crippen molar-refractivity contribution < 1.29 is 19.4 Å². The van der Waals surface area contributed by atoms with E-state index in [-0.39, 0.29) is 23.7 Å². The molecular formula is C18H22BrN3O4. The van der Waals surface area contributed by atoms with Crippen LogP contribution in [0.15, 0.2) is 22.9 Å². The van der Waals surface area contributed by atoms with Crippen LogP contribution in [0.2, 0.25) is 0 Å². The van der Waals surface area contributed by atoms with Crippen molar-refractivity contribution in [2.45, 2.75) is 51.3 Å². The minimum atomic E-state index is -0.973. The topological polar surface area (TPSA) is 84.7 Å². The fraction of sp³-hybridized carbons (Fsp3) is 0.500. The molecule has 26 heavy (non-hydrogen) atoms. The second kappa shape index (κ2) is 6.57. The number of pyridine rings is 1. The van der Waals surface area contributed by atoms with Crippen LogP contribution in [0.3, 0.4) is 0 Å². The summed E-state index contributed by atoms with van der Waals surface area (Å²) in [7, 11) is 1.74. The molecule has 1 N–H and O–H groups in total. The monoisotopic (exact) mass is 423 g/mol. The Kier molecular flexibility index (Phi) is 4.72. The smallest absolute Gasteiger partial charge is 0.410 e. The second-order valence-corrected chi connectivity index (χ2v) is 8.44. The molecule has 1 aliphatic carbocycles. The molecule has 1 saturated carbocycles. The number of aromatic nitrogens is 2. The first-order valence-electron chi connectivity index (χ1n) is 8.43. The van der Waals surface area contributed by atoms with E-state index >= 15 is 0 Å². The Bertz CT molecular complexity index is 865. The van der Waals surface area contributed by atoms with Crippen LogP contribution in [0.1, 0.15) is 50.0 Å². The Morgan fingerprint density at radius 2 is 2.00 bits per heavy atom. The molecule has 0 bridgehead atoms. The average Bonchev–Trinajstić information content (AvgIpc) is 2.82. The van der Waals surface area contributed by atoms with Crippen LogP contribution in [0, 0.1) is 0 Å². The van der Waals surface area contributed by atoms with E-state index in [1.807, 2.05) is 25.3 Å². The predicted octanol–water partition coefficient (Wildman–Crippen LogP) is 4.07. The molecule has 1 aliphatic rings. The molecule has 0 unspecified atom stereocenters. The zero-order valence-corrected chi connectivity index (χ0v) is 16.8. The zero-order chi connectivity index (χ0) is 19.2. The first kappa shape index (κ1) is 18.7. The van der Waals surface area contributed by atoms with Crippen LogP contribution < -0.4 is 0 Å². The minimum absolute atomic E-state index is 0.0627. The van der Waals surface area contributed by atoms with Crippen molar-refractivity contribution in [1.29, 1.82) is 0 Å². The van der Waals surface area contributed by atoms with Gasteiger partial charge in [0.05, 0.1) is 5.56 Å².